The Morgan fingerprint density at radius 3 is 2.62 bits per heavy atom. The minimum atomic E-state index is -0.791. The first-order valence-electron chi connectivity index (χ1n) is 8.28. The fourth-order valence-corrected chi connectivity index (χ4v) is 2.54. The van der Waals surface area contributed by atoms with Gasteiger partial charge in [0.1, 0.15) is 0 Å². The highest BCUT2D eigenvalue weighted by atomic mass is 35.5. The van der Waals surface area contributed by atoms with E-state index in [0.717, 1.165) is 11.3 Å². The van der Waals surface area contributed by atoms with E-state index in [-0.39, 0.29) is 0 Å². The van der Waals surface area contributed by atoms with Gasteiger partial charge in [-0.3, -0.25) is 0 Å². The number of carbonyl (C=O) groups excluding carboxylic acids is 1. The van der Waals surface area contributed by atoms with Crippen molar-refractivity contribution in [1.29, 1.82) is 0 Å². The summed E-state index contributed by atoms with van der Waals surface area (Å²) in [6, 6.07) is 13.4. The highest BCUT2D eigenvalue weighted by Crippen LogP contribution is 2.37. The Morgan fingerprint density at radius 2 is 1.96 bits per heavy atom. The predicted molar refractivity (Wildman–Crippen MR) is 102 cm³/mol. The second-order valence-electron chi connectivity index (χ2n) is 5.47. The summed E-state index contributed by atoms with van der Waals surface area (Å²) < 4.78 is 15.9. The molecule has 0 heterocycles. The van der Waals surface area contributed by atoms with Crippen LogP contribution in [0.4, 0.5) is 5.69 Å². The van der Waals surface area contributed by atoms with Gasteiger partial charge in [0.15, 0.2) is 17.6 Å². The highest BCUT2D eigenvalue weighted by Gasteiger charge is 2.20. The van der Waals surface area contributed by atoms with Crippen molar-refractivity contribution in [2.75, 3.05) is 19.1 Å². The molecule has 2 aromatic carbocycles. The molecule has 7 heteroatoms. The molecule has 2 rings (SSSR count). The summed E-state index contributed by atoms with van der Waals surface area (Å²) in [5.74, 6) is 0.319. The van der Waals surface area contributed by atoms with Crippen molar-refractivity contribution in [3.63, 3.8) is 0 Å². The summed E-state index contributed by atoms with van der Waals surface area (Å²) in [4.78, 5) is 11.6. The summed E-state index contributed by atoms with van der Waals surface area (Å²) in [7, 11) is 1.31. The molecule has 0 fully saturated rings. The average molecular weight is 379 g/mol. The van der Waals surface area contributed by atoms with Gasteiger partial charge in [0, 0.05) is 12.2 Å². The lowest BCUT2D eigenvalue weighted by atomic mass is 10.2. The van der Waals surface area contributed by atoms with Gasteiger partial charge in [0.25, 0.3) is 0 Å². The van der Waals surface area contributed by atoms with E-state index in [1.807, 2.05) is 43.3 Å². The molecule has 0 aliphatic heterocycles. The number of hydrazine groups is 1. The third-order valence-corrected chi connectivity index (χ3v) is 3.78. The molecule has 2 aromatic rings. The normalized spacial score (nSPS) is 11.5. The molecule has 140 valence electrons. The Kier molecular flexibility index (Phi) is 7.56. The molecule has 0 aliphatic rings. The zero-order valence-corrected chi connectivity index (χ0v) is 15.8. The number of halogens is 1. The lowest BCUT2D eigenvalue weighted by Gasteiger charge is -2.18. The van der Waals surface area contributed by atoms with Crippen molar-refractivity contribution in [3.8, 4) is 11.5 Å². The standard InChI is InChI=1S/C19H23ClN2O4/c1-4-25-17-11-14(12-21-22-15-8-6-5-7-9-15)10-16(20)18(17)26-13(2)19(23)24-3/h5-11,13,21-22H,4,12H2,1-3H3. The SMILES string of the molecule is CCOc1cc(CNNc2ccccc2)cc(Cl)c1OC(C)C(=O)OC. The van der Waals surface area contributed by atoms with Crippen LogP contribution in [-0.2, 0) is 16.1 Å². The number of methoxy groups -OCH3 is 1. The van der Waals surface area contributed by atoms with Crippen molar-refractivity contribution in [3.05, 3.63) is 53.1 Å². The summed E-state index contributed by atoms with van der Waals surface area (Å²) in [6.45, 7) is 4.42. The van der Waals surface area contributed by atoms with Gasteiger partial charge in [-0.15, -0.1) is 0 Å². The minimum absolute atomic E-state index is 0.325. The number of rotatable bonds is 9. The maximum absolute atomic E-state index is 11.6. The van der Waals surface area contributed by atoms with E-state index in [4.69, 9.17) is 21.1 Å². The number of carbonyl (C=O) groups is 1. The van der Waals surface area contributed by atoms with Gasteiger partial charge in [-0.2, -0.15) is 0 Å². The third-order valence-electron chi connectivity index (χ3n) is 3.50. The Morgan fingerprint density at radius 1 is 1.23 bits per heavy atom. The molecule has 0 amide bonds. The molecular weight excluding hydrogens is 356 g/mol. The number of hydrogen-bond donors (Lipinski definition) is 2. The molecule has 26 heavy (non-hydrogen) atoms. The lowest BCUT2D eigenvalue weighted by molar-refractivity contribution is -0.147. The van der Waals surface area contributed by atoms with E-state index in [1.165, 1.54) is 7.11 Å². The second kappa shape index (κ2) is 9.89. The molecule has 0 aliphatic carbocycles. The minimum Gasteiger partial charge on any atom is -0.490 e. The van der Waals surface area contributed by atoms with Gasteiger partial charge in [-0.1, -0.05) is 29.8 Å². The van der Waals surface area contributed by atoms with Crippen LogP contribution in [0.2, 0.25) is 5.02 Å². The van der Waals surface area contributed by atoms with Crippen molar-refractivity contribution in [2.45, 2.75) is 26.5 Å². The highest BCUT2D eigenvalue weighted by molar-refractivity contribution is 6.32. The molecule has 6 nitrogen and oxygen atoms in total. The first kappa shape index (κ1) is 19.9. The van der Waals surface area contributed by atoms with Crippen molar-refractivity contribution in [1.82, 2.24) is 5.43 Å². The topological polar surface area (TPSA) is 68.8 Å². The number of anilines is 1. The van der Waals surface area contributed by atoms with Gasteiger partial charge in [0.2, 0.25) is 0 Å². The van der Waals surface area contributed by atoms with Gasteiger partial charge in [-0.05, 0) is 43.7 Å². The van der Waals surface area contributed by atoms with E-state index in [9.17, 15) is 4.79 Å². The predicted octanol–water partition coefficient (Wildman–Crippen LogP) is 3.80. The number of para-hydroxylation sites is 1. The van der Waals surface area contributed by atoms with Crippen LogP contribution < -0.4 is 20.3 Å². The molecule has 0 aromatic heterocycles. The number of esters is 1. The van der Waals surface area contributed by atoms with E-state index in [0.29, 0.717) is 29.7 Å². The average Bonchev–Trinajstić information content (AvgIpc) is 2.64. The van der Waals surface area contributed by atoms with E-state index in [2.05, 4.69) is 15.6 Å². The third kappa shape index (κ3) is 5.54. The maximum atomic E-state index is 11.6. The van der Waals surface area contributed by atoms with Gasteiger partial charge >= 0.3 is 5.97 Å². The first-order chi connectivity index (χ1) is 12.5. The van der Waals surface area contributed by atoms with Crippen LogP contribution in [0.3, 0.4) is 0 Å². The number of ether oxygens (including phenoxy) is 3. The van der Waals surface area contributed by atoms with Crippen LogP contribution in [0.15, 0.2) is 42.5 Å². The molecule has 1 atom stereocenters. The summed E-state index contributed by atoms with van der Waals surface area (Å²) in [5, 5.41) is 0.364. The molecule has 0 saturated carbocycles. The van der Waals surface area contributed by atoms with E-state index < -0.39 is 12.1 Å². The van der Waals surface area contributed by atoms with Crippen molar-refractivity contribution in [2.24, 2.45) is 0 Å². The van der Waals surface area contributed by atoms with Crippen LogP contribution in [0.5, 0.6) is 11.5 Å². The summed E-state index contributed by atoms with van der Waals surface area (Å²) in [5.41, 5.74) is 8.09. The van der Waals surface area contributed by atoms with Crippen LogP contribution in [0.1, 0.15) is 19.4 Å². The Bertz CT molecular complexity index is 725. The van der Waals surface area contributed by atoms with Crippen LogP contribution in [0.25, 0.3) is 0 Å². The zero-order chi connectivity index (χ0) is 18.9. The molecule has 0 saturated heterocycles. The quantitative estimate of drug-likeness (QED) is 0.511. The number of hydrogen-bond acceptors (Lipinski definition) is 6. The van der Waals surface area contributed by atoms with Crippen LogP contribution in [-0.4, -0.2) is 25.8 Å². The molecular formula is C19H23ClN2O4. The Balaban J connectivity index is 2.10. The number of benzene rings is 2. The summed E-state index contributed by atoms with van der Waals surface area (Å²) >= 11 is 6.35. The molecule has 0 bridgehead atoms. The summed E-state index contributed by atoms with van der Waals surface area (Å²) in [6.07, 6.45) is -0.791. The second-order valence-corrected chi connectivity index (χ2v) is 5.87. The Hall–Kier alpha value is -2.44. The van der Waals surface area contributed by atoms with E-state index in [1.54, 1.807) is 13.0 Å². The molecule has 0 radical (unpaired) electrons. The van der Waals surface area contributed by atoms with Gasteiger partial charge in [-0.25, -0.2) is 10.2 Å². The van der Waals surface area contributed by atoms with Gasteiger partial charge < -0.3 is 19.6 Å². The monoisotopic (exact) mass is 378 g/mol. The van der Waals surface area contributed by atoms with Crippen LogP contribution in [0, 0.1) is 0 Å². The first-order valence-corrected chi connectivity index (χ1v) is 8.66. The lowest BCUT2D eigenvalue weighted by Crippen LogP contribution is -2.25. The Labute approximate surface area is 158 Å². The maximum Gasteiger partial charge on any atom is 0.346 e. The van der Waals surface area contributed by atoms with Crippen LogP contribution >= 0.6 is 11.6 Å². The smallest absolute Gasteiger partial charge is 0.346 e. The number of nitrogens with one attached hydrogen (secondary N) is 2. The van der Waals surface area contributed by atoms with Crippen molar-refractivity contribution >= 4 is 23.3 Å². The van der Waals surface area contributed by atoms with Crippen molar-refractivity contribution < 1.29 is 19.0 Å². The van der Waals surface area contributed by atoms with Gasteiger partial charge in [0.05, 0.1) is 18.7 Å². The fourth-order valence-electron chi connectivity index (χ4n) is 2.26. The largest absolute Gasteiger partial charge is 0.490 e. The molecule has 2 N–H and O–H groups in total. The van der Waals surface area contributed by atoms with E-state index >= 15 is 0 Å². The molecule has 0 spiro atoms. The molecule has 1 unspecified atom stereocenters. The zero-order valence-electron chi connectivity index (χ0n) is 15.0. The fraction of sp³-hybridized carbons (Fsp3) is 0.316.